The average molecular weight is 374 g/mol. The number of fused-ring (bicyclic) bond motifs is 1. The zero-order valence-corrected chi connectivity index (χ0v) is 16.4. The quantitative estimate of drug-likeness (QED) is 0.372. The standard InChI is InChI=1S/C28H22O/c1-28(24-15-9-4-10-16-24)20-26(22-13-7-3-8-14-22)25-19-23(17-18-27(25)29-28)21-11-5-2-6-12-21/h2-20H,1H3. The second kappa shape index (κ2) is 7.10. The molecule has 0 aromatic heterocycles. The van der Waals surface area contributed by atoms with Crippen molar-refractivity contribution in [1.29, 1.82) is 0 Å². The molecule has 4 aromatic rings. The van der Waals surface area contributed by atoms with Crippen molar-refractivity contribution in [2.75, 3.05) is 0 Å². The molecule has 1 heterocycles. The van der Waals surface area contributed by atoms with E-state index in [1.165, 1.54) is 22.3 Å². The topological polar surface area (TPSA) is 9.23 Å². The zero-order chi connectivity index (χ0) is 19.7. The zero-order valence-electron chi connectivity index (χ0n) is 16.4. The van der Waals surface area contributed by atoms with Gasteiger partial charge >= 0.3 is 0 Å². The average Bonchev–Trinajstić information content (AvgIpc) is 2.80. The molecule has 1 aliphatic rings. The summed E-state index contributed by atoms with van der Waals surface area (Å²) in [4.78, 5) is 0. The molecule has 5 rings (SSSR count). The van der Waals surface area contributed by atoms with E-state index in [4.69, 9.17) is 4.74 Å². The van der Waals surface area contributed by atoms with Crippen LogP contribution in [-0.4, -0.2) is 0 Å². The fourth-order valence-electron chi connectivity index (χ4n) is 4.02. The third-order valence-corrected chi connectivity index (χ3v) is 5.55. The molecular formula is C28H22O. The summed E-state index contributed by atoms with van der Waals surface area (Å²) >= 11 is 0. The van der Waals surface area contributed by atoms with Crippen molar-refractivity contribution in [3.63, 3.8) is 0 Å². The van der Waals surface area contributed by atoms with E-state index in [0.29, 0.717) is 0 Å². The number of ether oxygens (including phenoxy) is 1. The first-order valence-electron chi connectivity index (χ1n) is 9.96. The highest BCUT2D eigenvalue weighted by Crippen LogP contribution is 2.44. The van der Waals surface area contributed by atoms with Crippen LogP contribution < -0.4 is 4.74 Å². The summed E-state index contributed by atoms with van der Waals surface area (Å²) in [5.41, 5.74) is 6.56. The number of hydrogen-bond donors (Lipinski definition) is 0. The Balaban J connectivity index is 1.70. The molecule has 0 spiro atoms. The molecule has 1 nitrogen and oxygen atoms in total. The maximum atomic E-state index is 6.57. The van der Waals surface area contributed by atoms with Crippen molar-refractivity contribution < 1.29 is 4.74 Å². The molecule has 0 radical (unpaired) electrons. The van der Waals surface area contributed by atoms with Gasteiger partial charge in [-0.1, -0.05) is 97.1 Å². The molecule has 0 saturated heterocycles. The second-order valence-electron chi connectivity index (χ2n) is 7.58. The Hall–Kier alpha value is -3.58. The van der Waals surface area contributed by atoms with E-state index in [9.17, 15) is 0 Å². The lowest BCUT2D eigenvalue weighted by atomic mass is 9.84. The van der Waals surface area contributed by atoms with Gasteiger partial charge in [-0.05, 0) is 53.0 Å². The lowest BCUT2D eigenvalue weighted by Crippen LogP contribution is -2.30. The molecule has 0 N–H and O–H groups in total. The Morgan fingerprint density at radius 3 is 1.83 bits per heavy atom. The Morgan fingerprint density at radius 1 is 0.586 bits per heavy atom. The fraction of sp³-hybridized carbons (Fsp3) is 0.0714. The summed E-state index contributed by atoms with van der Waals surface area (Å²) in [7, 11) is 0. The first kappa shape index (κ1) is 17.5. The van der Waals surface area contributed by atoms with Crippen molar-refractivity contribution >= 4 is 5.57 Å². The van der Waals surface area contributed by atoms with Crippen molar-refractivity contribution in [3.8, 4) is 16.9 Å². The molecule has 0 saturated carbocycles. The summed E-state index contributed by atoms with van der Waals surface area (Å²) in [5, 5.41) is 0. The van der Waals surface area contributed by atoms with Gasteiger partial charge in [-0.15, -0.1) is 0 Å². The number of rotatable bonds is 3. The van der Waals surface area contributed by atoms with Crippen LogP contribution in [0.1, 0.15) is 23.6 Å². The largest absolute Gasteiger partial charge is 0.478 e. The van der Waals surface area contributed by atoms with Crippen molar-refractivity contribution in [2.45, 2.75) is 12.5 Å². The van der Waals surface area contributed by atoms with Crippen LogP contribution in [0, 0.1) is 0 Å². The highest BCUT2D eigenvalue weighted by molar-refractivity contribution is 5.87. The Bertz CT molecular complexity index is 1160. The normalized spacial score (nSPS) is 17.8. The van der Waals surface area contributed by atoms with Crippen LogP contribution in [0.4, 0.5) is 0 Å². The molecule has 140 valence electrons. The van der Waals surface area contributed by atoms with Crippen molar-refractivity contribution in [2.24, 2.45) is 0 Å². The maximum absolute atomic E-state index is 6.57. The second-order valence-corrected chi connectivity index (χ2v) is 7.58. The van der Waals surface area contributed by atoms with E-state index >= 15 is 0 Å². The molecule has 0 amide bonds. The Labute approximate surface area is 171 Å². The highest BCUT2D eigenvalue weighted by atomic mass is 16.5. The molecular weight excluding hydrogens is 352 g/mol. The van der Waals surface area contributed by atoms with Crippen LogP contribution in [0.2, 0.25) is 0 Å². The minimum absolute atomic E-state index is 0.520. The Morgan fingerprint density at radius 2 is 1.17 bits per heavy atom. The van der Waals surface area contributed by atoms with Crippen molar-refractivity contribution in [1.82, 2.24) is 0 Å². The van der Waals surface area contributed by atoms with Gasteiger partial charge < -0.3 is 4.74 Å². The summed E-state index contributed by atoms with van der Waals surface area (Å²) in [6.45, 7) is 2.14. The van der Waals surface area contributed by atoms with E-state index in [0.717, 1.165) is 16.9 Å². The SMILES string of the molecule is CC1(c2ccccc2)C=C(c2ccccc2)c2cc(-c3ccccc3)ccc2O1. The van der Waals surface area contributed by atoms with Crippen LogP contribution in [0.5, 0.6) is 5.75 Å². The van der Waals surface area contributed by atoms with Gasteiger partial charge in [-0.25, -0.2) is 0 Å². The van der Waals surface area contributed by atoms with Gasteiger partial charge in [-0.3, -0.25) is 0 Å². The minimum atomic E-state index is -0.520. The Kier molecular flexibility index (Phi) is 4.29. The number of hydrogen-bond acceptors (Lipinski definition) is 1. The summed E-state index contributed by atoms with van der Waals surface area (Å²) in [6.07, 6.45) is 2.26. The van der Waals surface area contributed by atoms with Gasteiger partial charge in [0, 0.05) is 5.56 Å². The van der Waals surface area contributed by atoms with Crippen LogP contribution in [0.3, 0.4) is 0 Å². The lowest BCUT2D eigenvalue weighted by Gasteiger charge is -2.35. The first-order chi connectivity index (χ1) is 14.2. The molecule has 1 heteroatoms. The van der Waals surface area contributed by atoms with E-state index in [2.05, 4.69) is 110 Å². The maximum Gasteiger partial charge on any atom is 0.150 e. The van der Waals surface area contributed by atoms with E-state index < -0.39 is 5.60 Å². The minimum Gasteiger partial charge on any atom is -0.478 e. The molecule has 1 aliphatic heterocycles. The van der Waals surface area contributed by atoms with E-state index in [-0.39, 0.29) is 0 Å². The molecule has 29 heavy (non-hydrogen) atoms. The molecule has 4 aromatic carbocycles. The van der Waals surface area contributed by atoms with Crippen molar-refractivity contribution in [3.05, 3.63) is 132 Å². The van der Waals surface area contributed by atoms with Gasteiger partial charge in [0.05, 0.1) is 0 Å². The lowest BCUT2D eigenvalue weighted by molar-refractivity contribution is 0.137. The van der Waals surface area contributed by atoms with Crippen LogP contribution in [-0.2, 0) is 5.60 Å². The van der Waals surface area contributed by atoms with E-state index in [1.807, 2.05) is 12.1 Å². The first-order valence-corrected chi connectivity index (χ1v) is 9.96. The third-order valence-electron chi connectivity index (χ3n) is 5.55. The molecule has 1 unspecified atom stereocenters. The summed E-state index contributed by atoms with van der Waals surface area (Å²) < 4.78 is 6.57. The highest BCUT2D eigenvalue weighted by Gasteiger charge is 2.33. The van der Waals surface area contributed by atoms with Gasteiger partial charge in [0.1, 0.15) is 5.75 Å². The third kappa shape index (κ3) is 3.25. The fourth-order valence-corrected chi connectivity index (χ4v) is 4.02. The molecule has 0 bridgehead atoms. The van der Waals surface area contributed by atoms with E-state index in [1.54, 1.807) is 0 Å². The van der Waals surface area contributed by atoms with Crippen LogP contribution in [0.25, 0.3) is 16.7 Å². The predicted octanol–water partition coefficient (Wildman–Crippen LogP) is 7.09. The molecule has 1 atom stereocenters. The predicted molar refractivity (Wildman–Crippen MR) is 120 cm³/mol. The smallest absolute Gasteiger partial charge is 0.150 e. The van der Waals surface area contributed by atoms with Crippen LogP contribution in [0.15, 0.2) is 115 Å². The summed E-state index contributed by atoms with van der Waals surface area (Å²) in [5.74, 6) is 0.914. The number of benzene rings is 4. The monoisotopic (exact) mass is 374 g/mol. The summed E-state index contributed by atoms with van der Waals surface area (Å²) in [6, 6.07) is 38.0. The van der Waals surface area contributed by atoms with Gasteiger partial charge in [-0.2, -0.15) is 0 Å². The molecule has 0 fully saturated rings. The molecule has 0 aliphatic carbocycles. The van der Waals surface area contributed by atoms with Crippen LogP contribution >= 0.6 is 0 Å². The van der Waals surface area contributed by atoms with Gasteiger partial charge in [0.15, 0.2) is 5.60 Å². The van der Waals surface area contributed by atoms with Gasteiger partial charge in [0.25, 0.3) is 0 Å². The van der Waals surface area contributed by atoms with Gasteiger partial charge in [0.2, 0.25) is 0 Å².